The summed E-state index contributed by atoms with van der Waals surface area (Å²) in [6, 6.07) is 31.1. The van der Waals surface area contributed by atoms with Crippen molar-refractivity contribution in [2.75, 3.05) is 5.75 Å². The van der Waals surface area contributed by atoms with E-state index >= 15 is 0 Å². The van der Waals surface area contributed by atoms with Crippen LogP contribution in [0.3, 0.4) is 0 Å². The number of hydrogen-bond donors (Lipinski definition) is 0. The standard InChI is InChI=1S/C19H14F3OS.C12H11F3O5S/c20-19(21,22)23-15-11-13-18(14-12-15)24(16-7-3-1-4-8-16)17-9-5-2-6-10-17;1-2-8-3-5-9(6-4-8)11(16)20-10(12(13,14)15)7-21(17,18)19/h1-14H;2-6,10H,1,7H2,(H,17,18,19)/q+1;/p-1. The van der Waals surface area contributed by atoms with Crippen molar-refractivity contribution in [2.24, 2.45) is 0 Å². The fraction of sp³-hybridized carbons (Fsp3) is 0.129. The van der Waals surface area contributed by atoms with Crippen molar-refractivity contribution >= 4 is 33.1 Å². The summed E-state index contributed by atoms with van der Waals surface area (Å²) in [5.41, 5.74) is 0.416. The van der Waals surface area contributed by atoms with E-state index in [1.807, 2.05) is 60.7 Å². The number of alkyl halides is 6. The van der Waals surface area contributed by atoms with Crippen LogP contribution in [0.2, 0.25) is 0 Å². The molecular weight excluding hydrogens is 646 g/mol. The first kappa shape index (κ1) is 35.2. The van der Waals surface area contributed by atoms with Gasteiger partial charge in [-0.3, -0.25) is 0 Å². The Morgan fingerprint density at radius 1 is 0.778 bits per heavy atom. The van der Waals surface area contributed by atoms with E-state index in [1.54, 1.807) is 12.1 Å². The van der Waals surface area contributed by atoms with Gasteiger partial charge in [-0.2, -0.15) is 13.2 Å². The van der Waals surface area contributed by atoms with Gasteiger partial charge in [0.1, 0.15) is 5.75 Å². The topological polar surface area (TPSA) is 92.7 Å². The van der Waals surface area contributed by atoms with E-state index in [9.17, 15) is 44.1 Å². The Bertz CT molecular complexity index is 1600. The van der Waals surface area contributed by atoms with E-state index in [2.05, 4.69) is 16.1 Å². The zero-order valence-electron chi connectivity index (χ0n) is 23.0. The summed E-state index contributed by atoms with van der Waals surface area (Å²) in [6.45, 7) is 3.46. The van der Waals surface area contributed by atoms with Gasteiger partial charge in [0.2, 0.25) is 6.10 Å². The zero-order chi connectivity index (χ0) is 33.3. The van der Waals surface area contributed by atoms with E-state index in [1.165, 1.54) is 42.5 Å². The zero-order valence-corrected chi connectivity index (χ0v) is 24.6. The molecule has 0 aliphatic heterocycles. The van der Waals surface area contributed by atoms with Gasteiger partial charge in [0.25, 0.3) is 0 Å². The highest BCUT2D eigenvalue weighted by Gasteiger charge is 2.44. The smallest absolute Gasteiger partial charge is 0.573 e. The quantitative estimate of drug-likeness (QED) is 0.0787. The molecule has 6 nitrogen and oxygen atoms in total. The molecule has 0 aliphatic carbocycles. The van der Waals surface area contributed by atoms with Crippen molar-refractivity contribution < 1.29 is 53.6 Å². The fourth-order valence-electron chi connectivity index (χ4n) is 3.63. The molecule has 0 amide bonds. The Kier molecular flexibility index (Phi) is 11.9. The first-order chi connectivity index (χ1) is 21.1. The van der Waals surface area contributed by atoms with Gasteiger partial charge in [-0.05, 0) is 66.2 Å². The van der Waals surface area contributed by atoms with Crippen molar-refractivity contribution in [2.45, 2.75) is 33.3 Å². The van der Waals surface area contributed by atoms with Gasteiger partial charge in [0, 0.05) is 0 Å². The molecule has 238 valence electrons. The SMILES string of the molecule is C=Cc1ccc(C(=O)OC(CS(=O)(=O)[O-])C(F)(F)F)cc1.FC(F)(F)Oc1ccc([S+](c2ccccc2)c2ccccc2)cc1. The summed E-state index contributed by atoms with van der Waals surface area (Å²) in [4.78, 5) is 14.7. The first-order valence-electron chi connectivity index (χ1n) is 12.7. The predicted molar refractivity (Wildman–Crippen MR) is 155 cm³/mol. The monoisotopic (exact) mass is 670 g/mol. The molecule has 0 aliphatic rings. The van der Waals surface area contributed by atoms with E-state index in [0.29, 0.717) is 5.56 Å². The van der Waals surface area contributed by atoms with Gasteiger partial charge in [0.15, 0.2) is 14.7 Å². The van der Waals surface area contributed by atoms with Crippen LogP contribution in [-0.2, 0) is 25.7 Å². The molecule has 0 bridgehead atoms. The predicted octanol–water partition coefficient (Wildman–Crippen LogP) is 7.64. The van der Waals surface area contributed by atoms with Crippen LogP contribution in [0.25, 0.3) is 6.08 Å². The summed E-state index contributed by atoms with van der Waals surface area (Å²) in [5.74, 6) is -3.46. The van der Waals surface area contributed by atoms with Gasteiger partial charge in [-0.15, -0.1) is 13.2 Å². The number of esters is 1. The molecular formula is C31H24F6O6S2. The Morgan fingerprint density at radius 3 is 1.64 bits per heavy atom. The maximum absolute atomic E-state index is 12.6. The van der Waals surface area contributed by atoms with Crippen molar-refractivity contribution in [3.8, 4) is 5.75 Å². The van der Waals surface area contributed by atoms with Gasteiger partial charge in [-0.1, -0.05) is 61.2 Å². The molecule has 4 aromatic rings. The number of halogens is 6. The molecule has 0 aromatic heterocycles. The van der Waals surface area contributed by atoms with Crippen molar-refractivity contribution in [1.82, 2.24) is 0 Å². The van der Waals surface area contributed by atoms with Crippen LogP contribution < -0.4 is 4.74 Å². The van der Waals surface area contributed by atoms with Crippen molar-refractivity contribution in [3.05, 3.63) is 127 Å². The molecule has 0 heterocycles. The first-order valence-corrected chi connectivity index (χ1v) is 15.5. The molecule has 45 heavy (non-hydrogen) atoms. The Balaban J connectivity index is 0.000000248. The molecule has 1 unspecified atom stereocenters. The summed E-state index contributed by atoms with van der Waals surface area (Å²) >= 11 is 0. The molecule has 0 radical (unpaired) electrons. The maximum atomic E-state index is 12.6. The lowest BCUT2D eigenvalue weighted by Gasteiger charge is -2.21. The molecule has 1 atom stereocenters. The third-order valence-corrected chi connectivity index (χ3v) is 8.54. The summed E-state index contributed by atoms with van der Waals surface area (Å²) in [7, 11) is -5.59. The Labute approximate surface area is 258 Å². The minimum absolute atomic E-state index is 0.210. The molecule has 0 spiro atoms. The Morgan fingerprint density at radius 2 is 1.24 bits per heavy atom. The third-order valence-electron chi connectivity index (χ3n) is 5.60. The minimum Gasteiger partial charge on any atom is -0.748 e. The second-order valence-corrected chi connectivity index (χ2v) is 12.4. The largest absolute Gasteiger partial charge is 0.748 e. The minimum atomic E-state index is -5.21. The second-order valence-electron chi connectivity index (χ2n) is 8.94. The highest BCUT2D eigenvalue weighted by atomic mass is 32.2. The normalized spacial score (nSPS) is 12.4. The number of rotatable bonds is 9. The van der Waals surface area contributed by atoms with Gasteiger partial charge < -0.3 is 14.0 Å². The van der Waals surface area contributed by atoms with Crippen molar-refractivity contribution in [1.29, 1.82) is 0 Å². The lowest BCUT2D eigenvalue weighted by Crippen LogP contribution is -2.39. The molecule has 14 heteroatoms. The average Bonchev–Trinajstić information content (AvgIpc) is 2.97. The van der Waals surface area contributed by atoms with Crippen LogP contribution in [0.1, 0.15) is 15.9 Å². The number of benzene rings is 4. The van der Waals surface area contributed by atoms with E-state index in [-0.39, 0.29) is 22.2 Å². The van der Waals surface area contributed by atoms with Crippen LogP contribution in [0.5, 0.6) is 5.75 Å². The average molecular weight is 671 g/mol. The summed E-state index contributed by atoms with van der Waals surface area (Å²) in [5, 5.41) is 0. The highest BCUT2D eigenvalue weighted by Crippen LogP contribution is 2.33. The maximum Gasteiger partial charge on any atom is 0.573 e. The fourth-order valence-corrected chi connectivity index (χ4v) is 6.34. The lowest BCUT2D eigenvalue weighted by molar-refractivity contribution is -0.274. The van der Waals surface area contributed by atoms with Gasteiger partial charge in [0.05, 0.1) is 32.3 Å². The Hall–Kier alpha value is -4.27. The lowest BCUT2D eigenvalue weighted by atomic mass is 10.1. The van der Waals surface area contributed by atoms with E-state index in [4.69, 9.17) is 0 Å². The van der Waals surface area contributed by atoms with E-state index in [0.717, 1.165) is 14.7 Å². The number of carbonyl (C=O) groups excluding carboxylic acids is 1. The number of carbonyl (C=O) groups is 1. The second kappa shape index (κ2) is 15.1. The third kappa shape index (κ3) is 11.6. The highest BCUT2D eigenvalue weighted by molar-refractivity contribution is 7.97. The molecule has 0 N–H and O–H groups in total. The van der Waals surface area contributed by atoms with Crippen LogP contribution in [-0.4, -0.2) is 43.3 Å². The van der Waals surface area contributed by atoms with Gasteiger partial charge in [-0.25, -0.2) is 13.2 Å². The molecule has 0 saturated carbocycles. The summed E-state index contributed by atoms with van der Waals surface area (Å²) < 4.78 is 114. The number of hydrogen-bond acceptors (Lipinski definition) is 6. The molecule has 0 saturated heterocycles. The molecule has 4 rings (SSSR count). The van der Waals surface area contributed by atoms with Crippen molar-refractivity contribution in [3.63, 3.8) is 0 Å². The van der Waals surface area contributed by atoms with Crippen LogP contribution in [0, 0.1) is 0 Å². The van der Waals surface area contributed by atoms with Crippen LogP contribution in [0.15, 0.2) is 130 Å². The number of ether oxygens (including phenoxy) is 2. The molecule has 0 fully saturated rings. The van der Waals surface area contributed by atoms with Gasteiger partial charge >= 0.3 is 18.5 Å². The van der Waals surface area contributed by atoms with E-state index < -0.39 is 40.5 Å². The summed E-state index contributed by atoms with van der Waals surface area (Å²) in [6.07, 6.45) is -11.4. The molecule has 4 aromatic carbocycles. The van der Waals surface area contributed by atoms with Crippen LogP contribution in [0.4, 0.5) is 26.3 Å². The van der Waals surface area contributed by atoms with Crippen LogP contribution >= 0.6 is 0 Å².